The summed E-state index contributed by atoms with van der Waals surface area (Å²) < 4.78 is 5.88. The number of likely N-dealkylation sites (tertiary alicyclic amines) is 1. The molecule has 2 aromatic rings. The van der Waals surface area contributed by atoms with Crippen molar-refractivity contribution >= 4 is 17.2 Å². The predicted octanol–water partition coefficient (Wildman–Crippen LogP) is 3.81. The highest BCUT2D eigenvalue weighted by molar-refractivity contribution is 7.13. The summed E-state index contributed by atoms with van der Waals surface area (Å²) in [6, 6.07) is 5.97. The Morgan fingerprint density at radius 1 is 1.22 bits per heavy atom. The molecule has 1 amide bonds. The number of rotatable bonds is 4. The average Bonchev–Trinajstić information content (AvgIpc) is 2.84. The summed E-state index contributed by atoms with van der Waals surface area (Å²) in [5.74, 6) is 0.803. The maximum atomic E-state index is 12.8. The number of nitrogens with zero attached hydrogens (tertiary/aromatic N) is 2. The predicted molar refractivity (Wildman–Crippen MR) is 108 cm³/mol. The molecule has 0 bridgehead atoms. The van der Waals surface area contributed by atoms with Crippen LogP contribution in [0.25, 0.3) is 0 Å². The zero-order chi connectivity index (χ0) is 19.6. The van der Waals surface area contributed by atoms with Crippen molar-refractivity contribution in [3.8, 4) is 5.75 Å². The van der Waals surface area contributed by atoms with Crippen molar-refractivity contribution in [3.63, 3.8) is 0 Å². The van der Waals surface area contributed by atoms with Gasteiger partial charge in [-0.25, -0.2) is 4.98 Å². The Kier molecular flexibility index (Phi) is 5.86. The zero-order valence-electron chi connectivity index (χ0n) is 16.5. The van der Waals surface area contributed by atoms with E-state index in [1.54, 1.807) is 0 Å². The van der Waals surface area contributed by atoms with Crippen molar-refractivity contribution in [1.82, 2.24) is 9.88 Å². The first-order valence-corrected chi connectivity index (χ1v) is 10.2. The molecule has 1 saturated heterocycles. The standard InChI is InChI=1S/C21H28N2O3S/c1-14-6-7-18(12-15(14)2)26-13-21(25)8-5-10-23(11-9-21)20(24)19-16(3)22-17(4)27-19/h6-7,12,25H,5,8-11,13H2,1-4H3. The van der Waals surface area contributed by atoms with Gasteiger partial charge in [-0.15, -0.1) is 11.3 Å². The van der Waals surface area contributed by atoms with E-state index in [2.05, 4.69) is 18.8 Å². The van der Waals surface area contributed by atoms with Crippen LogP contribution >= 0.6 is 11.3 Å². The lowest BCUT2D eigenvalue weighted by Gasteiger charge is -2.27. The number of aromatic nitrogens is 1. The van der Waals surface area contributed by atoms with E-state index < -0.39 is 5.60 Å². The van der Waals surface area contributed by atoms with Gasteiger partial charge < -0.3 is 14.7 Å². The molecule has 0 saturated carbocycles. The number of thiazole rings is 1. The van der Waals surface area contributed by atoms with Gasteiger partial charge in [0, 0.05) is 13.1 Å². The van der Waals surface area contributed by atoms with Crippen LogP contribution in [-0.2, 0) is 0 Å². The number of hydrogen-bond donors (Lipinski definition) is 1. The summed E-state index contributed by atoms with van der Waals surface area (Å²) in [6.45, 7) is 9.34. The number of hydrogen-bond acceptors (Lipinski definition) is 5. The van der Waals surface area contributed by atoms with E-state index in [9.17, 15) is 9.90 Å². The second-order valence-electron chi connectivity index (χ2n) is 7.55. The van der Waals surface area contributed by atoms with E-state index in [1.165, 1.54) is 22.5 Å². The molecule has 146 valence electrons. The summed E-state index contributed by atoms with van der Waals surface area (Å²) in [5, 5.41) is 11.9. The summed E-state index contributed by atoms with van der Waals surface area (Å²) >= 11 is 1.44. The lowest BCUT2D eigenvalue weighted by atomic mass is 9.96. The molecule has 0 radical (unpaired) electrons. The molecule has 5 nitrogen and oxygen atoms in total. The third kappa shape index (κ3) is 4.68. The molecule has 1 aromatic heterocycles. The zero-order valence-corrected chi connectivity index (χ0v) is 17.4. The molecule has 2 heterocycles. The first-order valence-electron chi connectivity index (χ1n) is 9.43. The van der Waals surface area contributed by atoms with Crippen molar-refractivity contribution in [3.05, 3.63) is 44.9 Å². The second-order valence-corrected chi connectivity index (χ2v) is 8.76. The third-order valence-corrected chi connectivity index (χ3v) is 6.35. The quantitative estimate of drug-likeness (QED) is 0.865. The second kappa shape index (κ2) is 7.98. The van der Waals surface area contributed by atoms with Crippen LogP contribution in [0.4, 0.5) is 0 Å². The Morgan fingerprint density at radius 2 is 2.00 bits per heavy atom. The minimum Gasteiger partial charge on any atom is -0.491 e. The minimum absolute atomic E-state index is 0.0254. The molecule has 1 atom stereocenters. The smallest absolute Gasteiger partial charge is 0.265 e. The summed E-state index contributed by atoms with van der Waals surface area (Å²) in [6.07, 6.45) is 1.90. The molecule has 1 unspecified atom stereocenters. The van der Waals surface area contributed by atoms with Gasteiger partial charge in [0.1, 0.15) is 22.8 Å². The van der Waals surface area contributed by atoms with Crippen LogP contribution in [0.1, 0.15) is 50.8 Å². The van der Waals surface area contributed by atoms with E-state index in [1.807, 2.05) is 36.9 Å². The topological polar surface area (TPSA) is 62.7 Å². The largest absolute Gasteiger partial charge is 0.491 e. The molecule has 27 heavy (non-hydrogen) atoms. The maximum Gasteiger partial charge on any atom is 0.265 e. The van der Waals surface area contributed by atoms with Gasteiger partial charge in [0.15, 0.2) is 0 Å². The fourth-order valence-electron chi connectivity index (χ4n) is 3.42. The van der Waals surface area contributed by atoms with Gasteiger partial charge in [0.25, 0.3) is 5.91 Å². The summed E-state index contributed by atoms with van der Waals surface area (Å²) in [7, 11) is 0. The van der Waals surface area contributed by atoms with E-state index >= 15 is 0 Å². The molecule has 1 N–H and O–H groups in total. The van der Waals surface area contributed by atoms with Gasteiger partial charge in [-0.1, -0.05) is 6.07 Å². The van der Waals surface area contributed by atoms with Crippen molar-refractivity contribution in [1.29, 1.82) is 0 Å². The highest BCUT2D eigenvalue weighted by Crippen LogP contribution is 2.27. The van der Waals surface area contributed by atoms with Crippen LogP contribution in [0.15, 0.2) is 18.2 Å². The van der Waals surface area contributed by atoms with Crippen molar-refractivity contribution < 1.29 is 14.6 Å². The van der Waals surface area contributed by atoms with Crippen molar-refractivity contribution in [2.45, 2.75) is 52.6 Å². The Labute approximate surface area is 165 Å². The Balaban J connectivity index is 1.62. The molecule has 1 aliphatic heterocycles. The Hall–Kier alpha value is -1.92. The number of amides is 1. The Morgan fingerprint density at radius 3 is 2.67 bits per heavy atom. The number of ether oxygens (including phenoxy) is 1. The monoisotopic (exact) mass is 388 g/mol. The third-order valence-electron chi connectivity index (χ3n) is 5.29. The molecule has 1 aliphatic rings. The van der Waals surface area contributed by atoms with Gasteiger partial charge in [0.05, 0.1) is 10.7 Å². The van der Waals surface area contributed by atoms with E-state index in [4.69, 9.17) is 4.74 Å². The SMILES string of the molecule is Cc1nc(C)c(C(=O)N2CCCC(O)(COc3ccc(C)c(C)c3)CC2)s1. The molecule has 1 fully saturated rings. The molecule has 0 aliphatic carbocycles. The summed E-state index contributed by atoms with van der Waals surface area (Å²) in [4.78, 5) is 19.7. The summed E-state index contributed by atoms with van der Waals surface area (Å²) in [5.41, 5.74) is 2.28. The first kappa shape index (κ1) is 19.8. The molecule has 0 spiro atoms. The van der Waals surface area contributed by atoms with Gasteiger partial charge in [-0.3, -0.25) is 4.79 Å². The number of aryl methyl sites for hydroxylation is 4. The Bertz CT molecular complexity index is 833. The molecule has 1 aromatic carbocycles. The van der Waals surface area contributed by atoms with E-state index in [0.29, 0.717) is 30.8 Å². The van der Waals surface area contributed by atoms with Crippen molar-refractivity contribution in [2.75, 3.05) is 19.7 Å². The van der Waals surface area contributed by atoms with Crippen LogP contribution in [0, 0.1) is 27.7 Å². The van der Waals surface area contributed by atoms with Gasteiger partial charge >= 0.3 is 0 Å². The number of carbonyl (C=O) groups is 1. The molecular formula is C21H28N2O3S. The molecule has 3 rings (SSSR count). The highest BCUT2D eigenvalue weighted by atomic mass is 32.1. The van der Waals surface area contributed by atoms with Gasteiger partial charge in [-0.05, 0) is 70.2 Å². The molecule has 6 heteroatoms. The first-order chi connectivity index (χ1) is 12.8. The lowest BCUT2D eigenvalue weighted by molar-refractivity contribution is -0.0163. The van der Waals surface area contributed by atoms with Gasteiger partial charge in [-0.2, -0.15) is 0 Å². The average molecular weight is 389 g/mol. The van der Waals surface area contributed by atoms with Gasteiger partial charge in [0.2, 0.25) is 0 Å². The highest BCUT2D eigenvalue weighted by Gasteiger charge is 2.33. The number of benzene rings is 1. The van der Waals surface area contributed by atoms with Crippen LogP contribution < -0.4 is 4.74 Å². The molecular weight excluding hydrogens is 360 g/mol. The fourth-order valence-corrected chi connectivity index (χ4v) is 4.31. The van der Waals surface area contributed by atoms with E-state index in [0.717, 1.165) is 22.9 Å². The maximum absolute atomic E-state index is 12.8. The van der Waals surface area contributed by atoms with Crippen LogP contribution in [0.5, 0.6) is 5.75 Å². The fraction of sp³-hybridized carbons (Fsp3) is 0.524. The van der Waals surface area contributed by atoms with Crippen LogP contribution in [0.2, 0.25) is 0 Å². The van der Waals surface area contributed by atoms with Crippen molar-refractivity contribution in [2.24, 2.45) is 0 Å². The normalized spacial score (nSPS) is 20.4. The minimum atomic E-state index is -0.910. The lowest BCUT2D eigenvalue weighted by Crippen LogP contribution is -2.38. The number of aliphatic hydroxyl groups is 1. The van der Waals surface area contributed by atoms with Crippen LogP contribution in [0.3, 0.4) is 0 Å². The van der Waals surface area contributed by atoms with E-state index in [-0.39, 0.29) is 12.5 Å². The number of carbonyl (C=O) groups excluding carboxylic acids is 1. The van der Waals surface area contributed by atoms with Crippen LogP contribution in [-0.4, -0.2) is 46.2 Å².